The summed E-state index contributed by atoms with van der Waals surface area (Å²) in [5.74, 6) is 2.06. The van der Waals surface area contributed by atoms with E-state index >= 15 is 0 Å². The molecule has 0 saturated heterocycles. The van der Waals surface area contributed by atoms with Crippen molar-refractivity contribution in [2.75, 3.05) is 12.8 Å². The monoisotopic (exact) mass is 365 g/mol. The summed E-state index contributed by atoms with van der Waals surface area (Å²) in [7, 11) is 3.48. The molecule has 2 aromatic rings. The Morgan fingerprint density at radius 2 is 2.05 bits per heavy atom. The standard InChI is InChI=1S/C16H20BrN3O2/c1-20-14(18)9-12(19-20)15-11(17)7-8-13(21-2)16(15)22-10-5-3-4-6-10/h7-10H,3-6,18H2,1-2H3. The number of ether oxygens (including phenoxy) is 2. The van der Waals surface area contributed by atoms with E-state index in [2.05, 4.69) is 21.0 Å². The zero-order valence-corrected chi connectivity index (χ0v) is 14.4. The van der Waals surface area contributed by atoms with Crippen molar-refractivity contribution in [2.45, 2.75) is 31.8 Å². The van der Waals surface area contributed by atoms with Gasteiger partial charge < -0.3 is 15.2 Å². The fourth-order valence-corrected chi connectivity index (χ4v) is 3.35. The molecule has 1 saturated carbocycles. The molecule has 1 aromatic carbocycles. The minimum absolute atomic E-state index is 0.239. The summed E-state index contributed by atoms with van der Waals surface area (Å²) in [5, 5.41) is 4.48. The molecule has 1 aromatic heterocycles. The first-order valence-corrected chi connectivity index (χ1v) is 8.22. The maximum absolute atomic E-state index is 6.27. The molecule has 0 aliphatic heterocycles. The molecule has 1 aliphatic carbocycles. The third-order valence-corrected chi connectivity index (χ3v) is 4.71. The van der Waals surface area contributed by atoms with Crippen LogP contribution in [0.1, 0.15) is 25.7 Å². The minimum atomic E-state index is 0.239. The molecule has 1 heterocycles. The van der Waals surface area contributed by atoms with Crippen LogP contribution >= 0.6 is 15.9 Å². The second kappa shape index (κ2) is 6.20. The van der Waals surface area contributed by atoms with Crippen LogP contribution < -0.4 is 15.2 Å². The van der Waals surface area contributed by atoms with Gasteiger partial charge in [0.1, 0.15) is 5.82 Å². The molecule has 0 amide bonds. The van der Waals surface area contributed by atoms with Crippen LogP contribution in [0, 0.1) is 0 Å². The van der Waals surface area contributed by atoms with Gasteiger partial charge >= 0.3 is 0 Å². The summed E-state index contributed by atoms with van der Waals surface area (Å²) in [5.41, 5.74) is 7.59. The van der Waals surface area contributed by atoms with E-state index in [0.29, 0.717) is 11.6 Å². The van der Waals surface area contributed by atoms with Crippen molar-refractivity contribution in [1.82, 2.24) is 9.78 Å². The van der Waals surface area contributed by atoms with Crippen molar-refractivity contribution in [1.29, 1.82) is 0 Å². The Morgan fingerprint density at radius 3 is 2.64 bits per heavy atom. The van der Waals surface area contributed by atoms with E-state index in [9.17, 15) is 0 Å². The number of aryl methyl sites for hydroxylation is 1. The van der Waals surface area contributed by atoms with Crippen molar-refractivity contribution in [3.05, 3.63) is 22.7 Å². The molecule has 2 N–H and O–H groups in total. The van der Waals surface area contributed by atoms with Gasteiger partial charge in [-0.25, -0.2) is 0 Å². The van der Waals surface area contributed by atoms with Crippen LogP contribution in [0.15, 0.2) is 22.7 Å². The van der Waals surface area contributed by atoms with Gasteiger partial charge in [-0.3, -0.25) is 4.68 Å². The van der Waals surface area contributed by atoms with Crippen LogP contribution in [0.3, 0.4) is 0 Å². The van der Waals surface area contributed by atoms with Crippen LogP contribution in [0.5, 0.6) is 11.5 Å². The van der Waals surface area contributed by atoms with Gasteiger partial charge in [0.05, 0.1) is 24.5 Å². The summed E-state index contributed by atoms with van der Waals surface area (Å²) in [6.45, 7) is 0. The number of aromatic nitrogens is 2. The number of nitrogens with two attached hydrogens (primary N) is 1. The Kier molecular flexibility index (Phi) is 4.29. The molecule has 6 heteroatoms. The van der Waals surface area contributed by atoms with Gasteiger partial charge in [-0.2, -0.15) is 5.10 Å². The predicted octanol–water partition coefficient (Wildman–Crippen LogP) is 3.76. The Balaban J connectivity index is 2.09. The number of hydrogen-bond acceptors (Lipinski definition) is 4. The first-order chi connectivity index (χ1) is 10.6. The zero-order valence-electron chi connectivity index (χ0n) is 12.8. The van der Waals surface area contributed by atoms with E-state index in [1.165, 1.54) is 12.8 Å². The highest BCUT2D eigenvalue weighted by Crippen LogP contribution is 2.44. The predicted molar refractivity (Wildman–Crippen MR) is 90.2 cm³/mol. The fourth-order valence-electron chi connectivity index (χ4n) is 2.83. The number of anilines is 1. The molecule has 5 nitrogen and oxygen atoms in total. The number of halogens is 1. The third-order valence-electron chi connectivity index (χ3n) is 4.05. The SMILES string of the molecule is COc1ccc(Br)c(-c2cc(N)n(C)n2)c1OC1CCCC1. The van der Waals surface area contributed by atoms with Gasteiger partial charge in [-0.05, 0) is 53.7 Å². The topological polar surface area (TPSA) is 62.3 Å². The van der Waals surface area contributed by atoms with Crippen molar-refractivity contribution in [3.8, 4) is 22.8 Å². The quantitative estimate of drug-likeness (QED) is 0.895. The smallest absolute Gasteiger partial charge is 0.172 e. The van der Waals surface area contributed by atoms with Crippen molar-refractivity contribution in [2.24, 2.45) is 7.05 Å². The van der Waals surface area contributed by atoms with Gasteiger partial charge in [0.15, 0.2) is 11.5 Å². The summed E-state index contributed by atoms with van der Waals surface area (Å²) >= 11 is 3.60. The van der Waals surface area contributed by atoms with Crippen molar-refractivity contribution in [3.63, 3.8) is 0 Å². The normalized spacial score (nSPS) is 15.2. The molecular weight excluding hydrogens is 346 g/mol. The van der Waals surface area contributed by atoms with Crippen LogP contribution in [0.2, 0.25) is 0 Å². The molecule has 0 spiro atoms. The average Bonchev–Trinajstić information content (AvgIpc) is 3.10. The Labute approximate surface area is 138 Å². The average molecular weight is 366 g/mol. The van der Waals surface area contributed by atoms with Crippen molar-refractivity contribution < 1.29 is 9.47 Å². The second-order valence-electron chi connectivity index (χ2n) is 5.56. The number of hydrogen-bond donors (Lipinski definition) is 1. The number of methoxy groups -OCH3 is 1. The highest BCUT2D eigenvalue weighted by molar-refractivity contribution is 9.10. The number of nitrogens with zero attached hydrogens (tertiary/aromatic N) is 2. The van der Waals surface area contributed by atoms with Crippen LogP contribution in [0.4, 0.5) is 5.82 Å². The number of benzene rings is 1. The molecule has 0 atom stereocenters. The maximum Gasteiger partial charge on any atom is 0.172 e. The van der Waals surface area contributed by atoms with Gasteiger partial charge in [0.25, 0.3) is 0 Å². The lowest BCUT2D eigenvalue weighted by molar-refractivity contribution is 0.201. The van der Waals surface area contributed by atoms with Crippen LogP contribution in [0.25, 0.3) is 11.3 Å². The van der Waals surface area contributed by atoms with E-state index < -0.39 is 0 Å². The Hall–Kier alpha value is -1.69. The molecule has 1 fully saturated rings. The second-order valence-corrected chi connectivity index (χ2v) is 6.41. The lowest BCUT2D eigenvalue weighted by Gasteiger charge is -2.19. The summed E-state index contributed by atoms with van der Waals surface area (Å²) < 4.78 is 14.3. The molecule has 1 aliphatic rings. The lowest BCUT2D eigenvalue weighted by Crippen LogP contribution is -2.12. The molecule has 0 radical (unpaired) electrons. The molecule has 0 unspecified atom stereocenters. The molecule has 0 bridgehead atoms. The summed E-state index contributed by atoms with van der Waals surface area (Å²) in [6, 6.07) is 5.70. The highest BCUT2D eigenvalue weighted by atomic mass is 79.9. The van der Waals surface area contributed by atoms with E-state index in [0.717, 1.165) is 34.3 Å². The van der Waals surface area contributed by atoms with Crippen molar-refractivity contribution >= 4 is 21.7 Å². The molecule has 3 rings (SSSR count). The first kappa shape index (κ1) is 15.2. The van der Waals surface area contributed by atoms with E-state index in [1.807, 2.05) is 25.2 Å². The van der Waals surface area contributed by atoms with E-state index in [4.69, 9.17) is 15.2 Å². The largest absolute Gasteiger partial charge is 0.493 e. The van der Waals surface area contributed by atoms with Crippen LogP contribution in [-0.2, 0) is 7.05 Å². The van der Waals surface area contributed by atoms with Gasteiger partial charge in [-0.15, -0.1) is 0 Å². The maximum atomic E-state index is 6.27. The zero-order chi connectivity index (χ0) is 15.7. The minimum Gasteiger partial charge on any atom is -0.493 e. The van der Waals surface area contributed by atoms with Gasteiger partial charge in [0.2, 0.25) is 0 Å². The number of nitrogen functional groups attached to an aromatic ring is 1. The van der Waals surface area contributed by atoms with E-state index in [1.54, 1.807) is 11.8 Å². The highest BCUT2D eigenvalue weighted by Gasteiger charge is 2.24. The Morgan fingerprint density at radius 1 is 1.32 bits per heavy atom. The number of rotatable bonds is 4. The first-order valence-electron chi connectivity index (χ1n) is 7.43. The molecule has 118 valence electrons. The third kappa shape index (κ3) is 2.79. The van der Waals surface area contributed by atoms with Gasteiger partial charge in [-0.1, -0.05) is 0 Å². The summed E-state index contributed by atoms with van der Waals surface area (Å²) in [6.07, 6.45) is 4.83. The Bertz CT molecular complexity index is 659. The molecule has 22 heavy (non-hydrogen) atoms. The van der Waals surface area contributed by atoms with Crippen LogP contribution in [-0.4, -0.2) is 23.0 Å². The summed E-state index contributed by atoms with van der Waals surface area (Å²) in [4.78, 5) is 0. The fraction of sp³-hybridized carbons (Fsp3) is 0.438. The molecular formula is C16H20BrN3O2. The lowest BCUT2D eigenvalue weighted by atomic mass is 10.1. The van der Waals surface area contributed by atoms with E-state index in [-0.39, 0.29) is 6.10 Å². The van der Waals surface area contributed by atoms with Gasteiger partial charge in [0, 0.05) is 17.6 Å².